The first-order chi connectivity index (χ1) is 7.61. The number of nitrogens with zero attached hydrogens (tertiary/aromatic N) is 1. The van der Waals surface area contributed by atoms with Crippen molar-refractivity contribution in [1.29, 1.82) is 0 Å². The lowest BCUT2D eigenvalue weighted by molar-refractivity contribution is -0.111. The number of carbonyl (C=O) groups excluding carboxylic acids is 1. The van der Waals surface area contributed by atoms with Crippen LogP contribution >= 0.6 is 0 Å². The van der Waals surface area contributed by atoms with Gasteiger partial charge in [0.25, 0.3) is 5.91 Å². The molecular formula is C13H16N2O. The third-order valence-corrected chi connectivity index (χ3v) is 1.92. The molecule has 3 nitrogen and oxygen atoms in total. The highest BCUT2D eigenvalue weighted by molar-refractivity contribution is 6.03. The van der Waals surface area contributed by atoms with Gasteiger partial charge in [-0.1, -0.05) is 18.1 Å². The van der Waals surface area contributed by atoms with Gasteiger partial charge in [-0.15, -0.1) is 0 Å². The van der Waals surface area contributed by atoms with E-state index in [9.17, 15) is 4.79 Å². The van der Waals surface area contributed by atoms with Crippen molar-refractivity contribution in [2.24, 2.45) is 0 Å². The zero-order valence-corrected chi connectivity index (χ0v) is 9.87. The van der Waals surface area contributed by atoms with Gasteiger partial charge in [0, 0.05) is 12.2 Å². The molecule has 0 radical (unpaired) electrons. The van der Waals surface area contributed by atoms with Crippen molar-refractivity contribution in [3.8, 4) is 11.8 Å². The molecule has 0 aromatic heterocycles. The Hall–Kier alpha value is -1.79. The Labute approximate surface area is 96.5 Å². The molecule has 0 atom stereocenters. The van der Waals surface area contributed by atoms with Crippen LogP contribution < -0.4 is 5.32 Å². The van der Waals surface area contributed by atoms with Crippen LogP contribution in [0.4, 0.5) is 5.69 Å². The first-order valence-corrected chi connectivity index (χ1v) is 5.09. The molecule has 0 aliphatic heterocycles. The summed E-state index contributed by atoms with van der Waals surface area (Å²) in [6, 6.07) is 7.76. The molecule has 0 bridgehead atoms. The second kappa shape index (κ2) is 5.94. The summed E-state index contributed by atoms with van der Waals surface area (Å²) < 4.78 is 0. The quantitative estimate of drug-likeness (QED) is 0.780. The summed E-state index contributed by atoms with van der Waals surface area (Å²) in [5.74, 6) is 4.73. The standard InChI is InChI=1S/C13H16N2O/c1-4-6-13(16)14-12-8-5-7-11(9-12)10-15(2)3/h5,7-9H,10H2,1-3H3,(H,14,16). The fraction of sp³-hybridized carbons (Fsp3) is 0.308. The molecule has 0 saturated heterocycles. The lowest BCUT2D eigenvalue weighted by atomic mass is 10.2. The number of nitrogens with one attached hydrogen (secondary N) is 1. The van der Waals surface area contributed by atoms with Crippen LogP contribution in [0, 0.1) is 11.8 Å². The van der Waals surface area contributed by atoms with E-state index in [-0.39, 0.29) is 5.91 Å². The topological polar surface area (TPSA) is 32.3 Å². The fourth-order valence-corrected chi connectivity index (χ4v) is 1.39. The molecule has 0 aliphatic carbocycles. The largest absolute Gasteiger partial charge is 0.315 e. The molecule has 0 spiro atoms. The smallest absolute Gasteiger partial charge is 0.300 e. The van der Waals surface area contributed by atoms with Gasteiger partial charge in [0.2, 0.25) is 0 Å². The van der Waals surface area contributed by atoms with E-state index in [1.54, 1.807) is 6.92 Å². The molecule has 0 aliphatic rings. The summed E-state index contributed by atoms with van der Waals surface area (Å²) in [7, 11) is 4.02. The third-order valence-electron chi connectivity index (χ3n) is 1.92. The van der Waals surface area contributed by atoms with Gasteiger partial charge < -0.3 is 10.2 Å². The monoisotopic (exact) mass is 216 g/mol. The molecule has 0 saturated carbocycles. The van der Waals surface area contributed by atoms with Crippen molar-refractivity contribution in [1.82, 2.24) is 4.90 Å². The molecule has 84 valence electrons. The maximum atomic E-state index is 11.3. The van der Waals surface area contributed by atoms with Gasteiger partial charge in [-0.3, -0.25) is 4.79 Å². The molecule has 1 aromatic rings. The summed E-state index contributed by atoms with van der Waals surface area (Å²) in [4.78, 5) is 13.3. The Balaban J connectivity index is 2.73. The minimum absolute atomic E-state index is 0.274. The number of carbonyl (C=O) groups is 1. The Morgan fingerprint density at radius 3 is 2.81 bits per heavy atom. The zero-order valence-electron chi connectivity index (χ0n) is 9.87. The molecule has 0 unspecified atom stereocenters. The van der Waals surface area contributed by atoms with E-state index in [1.165, 1.54) is 0 Å². The van der Waals surface area contributed by atoms with E-state index in [2.05, 4.69) is 22.1 Å². The van der Waals surface area contributed by atoms with Crippen LogP contribution in [0.5, 0.6) is 0 Å². The summed E-state index contributed by atoms with van der Waals surface area (Å²) in [6.07, 6.45) is 0. The van der Waals surface area contributed by atoms with Crippen molar-refractivity contribution in [2.75, 3.05) is 19.4 Å². The normalized spacial score (nSPS) is 9.50. The third kappa shape index (κ3) is 4.16. The zero-order chi connectivity index (χ0) is 12.0. The van der Waals surface area contributed by atoms with Crippen LogP contribution in [-0.4, -0.2) is 24.9 Å². The molecule has 1 amide bonds. The summed E-state index contributed by atoms with van der Waals surface area (Å²) in [5, 5.41) is 2.73. The van der Waals surface area contributed by atoms with Gasteiger partial charge in [-0.25, -0.2) is 0 Å². The van der Waals surface area contributed by atoms with Crippen LogP contribution in [0.2, 0.25) is 0 Å². The Bertz CT molecular complexity index is 427. The highest BCUT2D eigenvalue weighted by Gasteiger charge is 2.00. The Morgan fingerprint density at radius 1 is 1.44 bits per heavy atom. The van der Waals surface area contributed by atoms with Crippen molar-refractivity contribution in [2.45, 2.75) is 13.5 Å². The molecule has 3 heteroatoms. The number of anilines is 1. The fourth-order valence-electron chi connectivity index (χ4n) is 1.39. The van der Waals surface area contributed by atoms with Crippen LogP contribution in [0.15, 0.2) is 24.3 Å². The SMILES string of the molecule is CC#CC(=O)Nc1cccc(CN(C)C)c1. The minimum Gasteiger partial charge on any atom is -0.315 e. The lowest BCUT2D eigenvalue weighted by Gasteiger charge is -2.10. The summed E-state index contributed by atoms with van der Waals surface area (Å²) >= 11 is 0. The van der Waals surface area contributed by atoms with Crippen molar-refractivity contribution in [3.05, 3.63) is 29.8 Å². The van der Waals surface area contributed by atoms with E-state index in [1.807, 2.05) is 38.4 Å². The number of benzene rings is 1. The maximum absolute atomic E-state index is 11.3. The van der Waals surface area contributed by atoms with Gasteiger partial charge in [-0.05, 0) is 44.6 Å². The van der Waals surface area contributed by atoms with Gasteiger partial charge >= 0.3 is 0 Å². The molecule has 0 fully saturated rings. The predicted molar refractivity (Wildman–Crippen MR) is 65.9 cm³/mol. The number of amides is 1. The Morgan fingerprint density at radius 2 is 2.19 bits per heavy atom. The highest BCUT2D eigenvalue weighted by atomic mass is 16.1. The second-order valence-electron chi connectivity index (χ2n) is 3.77. The number of hydrogen-bond acceptors (Lipinski definition) is 2. The van der Waals surface area contributed by atoms with Crippen LogP contribution in [0.3, 0.4) is 0 Å². The molecular weight excluding hydrogens is 200 g/mol. The van der Waals surface area contributed by atoms with Gasteiger partial charge in [0.1, 0.15) is 0 Å². The maximum Gasteiger partial charge on any atom is 0.300 e. The van der Waals surface area contributed by atoms with E-state index in [0.29, 0.717) is 0 Å². The van der Waals surface area contributed by atoms with E-state index in [0.717, 1.165) is 17.8 Å². The van der Waals surface area contributed by atoms with E-state index < -0.39 is 0 Å². The number of rotatable bonds is 3. The van der Waals surface area contributed by atoms with Gasteiger partial charge in [0.15, 0.2) is 0 Å². The number of hydrogen-bond donors (Lipinski definition) is 1. The summed E-state index contributed by atoms with van der Waals surface area (Å²) in [5.41, 5.74) is 1.94. The predicted octanol–water partition coefficient (Wildman–Crippen LogP) is 1.71. The van der Waals surface area contributed by atoms with Crippen LogP contribution in [-0.2, 0) is 11.3 Å². The molecule has 1 rings (SSSR count). The lowest BCUT2D eigenvalue weighted by Crippen LogP contribution is -2.12. The van der Waals surface area contributed by atoms with Crippen molar-refractivity contribution < 1.29 is 4.79 Å². The average Bonchev–Trinajstić information content (AvgIpc) is 2.17. The van der Waals surface area contributed by atoms with Crippen LogP contribution in [0.25, 0.3) is 0 Å². The van der Waals surface area contributed by atoms with Gasteiger partial charge in [0.05, 0.1) is 0 Å². The first-order valence-electron chi connectivity index (χ1n) is 5.09. The first kappa shape index (κ1) is 12.3. The second-order valence-corrected chi connectivity index (χ2v) is 3.77. The van der Waals surface area contributed by atoms with E-state index in [4.69, 9.17) is 0 Å². The van der Waals surface area contributed by atoms with Crippen molar-refractivity contribution >= 4 is 11.6 Å². The molecule has 1 aromatic carbocycles. The Kier molecular flexibility index (Phi) is 4.56. The van der Waals surface area contributed by atoms with E-state index >= 15 is 0 Å². The summed E-state index contributed by atoms with van der Waals surface area (Å²) in [6.45, 7) is 2.49. The van der Waals surface area contributed by atoms with Crippen molar-refractivity contribution in [3.63, 3.8) is 0 Å². The molecule has 0 heterocycles. The van der Waals surface area contributed by atoms with Gasteiger partial charge in [-0.2, -0.15) is 0 Å². The minimum atomic E-state index is -0.274. The molecule has 16 heavy (non-hydrogen) atoms. The average molecular weight is 216 g/mol. The van der Waals surface area contributed by atoms with Crippen LogP contribution in [0.1, 0.15) is 12.5 Å². The highest BCUT2D eigenvalue weighted by Crippen LogP contribution is 2.11. The molecule has 1 N–H and O–H groups in total.